The fraction of sp³-hybridized carbons (Fsp3) is 0.364. The van der Waals surface area contributed by atoms with Gasteiger partial charge in [0.1, 0.15) is 12.4 Å². The molecule has 0 N–H and O–H groups in total. The van der Waals surface area contributed by atoms with E-state index in [4.69, 9.17) is 14.2 Å². The third-order valence-corrected chi connectivity index (χ3v) is 4.65. The Hall–Kier alpha value is -2.86. The first-order valence-corrected chi connectivity index (χ1v) is 9.41. The molecule has 0 aliphatic carbocycles. The molecule has 1 fully saturated rings. The molecule has 2 aromatic rings. The molecule has 0 aromatic heterocycles. The Morgan fingerprint density at radius 3 is 2.57 bits per heavy atom. The lowest BCUT2D eigenvalue weighted by Crippen LogP contribution is -2.40. The molecule has 1 saturated heterocycles. The zero-order valence-electron chi connectivity index (χ0n) is 16.0. The van der Waals surface area contributed by atoms with Gasteiger partial charge >= 0.3 is 6.09 Å². The molecular weight excluding hydrogens is 358 g/mol. The zero-order chi connectivity index (χ0) is 19.8. The first-order valence-electron chi connectivity index (χ1n) is 9.41. The largest absolute Gasteiger partial charge is 0.497 e. The number of carbonyl (C=O) groups excluding carboxylic acids is 2. The van der Waals surface area contributed by atoms with E-state index in [1.54, 1.807) is 7.11 Å². The Balaban J connectivity index is 1.42. The van der Waals surface area contributed by atoms with Crippen molar-refractivity contribution in [2.75, 3.05) is 20.3 Å². The number of carbonyl (C=O) groups is 2. The molecule has 3 rings (SSSR count). The van der Waals surface area contributed by atoms with Crippen LogP contribution in [0.4, 0.5) is 4.79 Å². The van der Waals surface area contributed by atoms with Crippen molar-refractivity contribution in [2.45, 2.75) is 31.9 Å². The number of hydrogen-bond acceptors (Lipinski definition) is 5. The van der Waals surface area contributed by atoms with Crippen molar-refractivity contribution in [1.82, 2.24) is 4.90 Å². The molecule has 0 spiro atoms. The summed E-state index contributed by atoms with van der Waals surface area (Å²) >= 11 is 0. The molecule has 6 nitrogen and oxygen atoms in total. The Kier molecular flexibility index (Phi) is 7.03. The highest BCUT2D eigenvalue weighted by atomic mass is 16.6. The third-order valence-electron chi connectivity index (χ3n) is 4.65. The fourth-order valence-electron chi connectivity index (χ4n) is 3.16. The topological polar surface area (TPSA) is 65.1 Å². The lowest BCUT2D eigenvalue weighted by atomic mass is 10.1. The van der Waals surface area contributed by atoms with Crippen LogP contribution in [0.2, 0.25) is 0 Å². The van der Waals surface area contributed by atoms with E-state index in [9.17, 15) is 9.59 Å². The number of ether oxygens (including phenoxy) is 3. The minimum atomic E-state index is -0.551. The standard InChI is InChI=1S/C22H25NO5/c1-26-20-11-9-18(10-12-20)15-27-13-5-8-21(24)23-19(16-28-22(23)25)14-17-6-3-2-4-7-17/h2-4,6-7,9-12,19H,5,8,13-16H2,1H3/t19-/m1/s1. The molecule has 6 heteroatoms. The van der Waals surface area contributed by atoms with Crippen molar-refractivity contribution in [2.24, 2.45) is 0 Å². The van der Waals surface area contributed by atoms with Crippen LogP contribution in [0.25, 0.3) is 0 Å². The van der Waals surface area contributed by atoms with Gasteiger partial charge in [0.05, 0.1) is 19.8 Å². The van der Waals surface area contributed by atoms with Crippen molar-refractivity contribution in [3.05, 3.63) is 65.7 Å². The van der Waals surface area contributed by atoms with Crippen molar-refractivity contribution >= 4 is 12.0 Å². The van der Waals surface area contributed by atoms with Crippen LogP contribution in [0.5, 0.6) is 5.75 Å². The minimum absolute atomic E-state index is 0.212. The summed E-state index contributed by atoms with van der Waals surface area (Å²) in [6.45, 7) is 1.16. The molecule has 1 aliphatic heterocycles. The number of rotatable bonds is 9. The second-order valence-corrected chi connectivity index (χ2v) is 6.69. The van der Waals surface area contributed by atoms with E-state index < -0.39 is 6.09 Å². The van der Waals surface area contributed by atoms with Crippen molar-refractivity contribution in [1.29, 1.82) is 0 Å². The Morgan fingerprint density at radius 1 is 1.11 bits per heavy atom. The van der Waals surface area contributed by atoms with E-state index in [0.29, 0.717) is 26.1 Å². The van der Waals surface area contributed by atoms with Gasteiger partial charge in [-0.05, 0) is 36.1 Å². The molecule has 0 radical (unpaired) electrons. The lowest BCUT2D eigenvalue weighted by molar-refractivity contribution is -0.129. The number of methoxy groups -OCH3 is 1. The highest BCUT2D eigenvalue weighted by Crippen LogP contribution is 2.19. The predicted octanol–water partition coefficient (Wildman–Crippen LogP) is 3.58. The van der Waals surface area contributed by atoms with Gasteiger partial charge in [-0.3, -0.25) is 4.79 Å². The van der Waals surface area contributed by atoms with Gasteiger partial charge in [-0.1, -0.05) is 42.5 Å². The van der Waals surface area contributed by atoms with Crippen LogP contribution in [0, 0.1) is 0 Å². The van der Waals surface area contributed by atoms with Crippen LogP contribution in [0.15, 0.2) is 54.6 Å². The number of imide groups is 1. The smallest absolute Gasteiger partial charge is 0.416 e. The monoisotopic (exact) mass is 383 g/mol. The molecule has 1 heterocycles. The van der Waals surface area contributed by atoms with Gasteiger partial charge in [0.25, 0.3) is 0 Å². The van der Waals surface area contributed by atoms with E-state index in [1.165, 1.54) is 4.90 Å². The third kappa shape index (κ3) is 5.33. The van der Waals surface area contributed by atoms with Crippen LogP contribution in [0.1, 0.15) is 24.0 Å². The summed E-state index contributed by atoms with van der Waals surface area (Å²) in [5.41, 5.74) is 2.12. The maximum absolute atomic E-state index is 12.5. The molecule has 1 atom stereocenters. The van der Waals surface area contributed by atoms with Crippen LogP contribution in [-0.2, 0) is 27.3 Å². The highest BCUT2D eigenvalue weighted by molar-refractivity contribution is 5.93. The average Bonchev–Trinajstić information content (AvgIpc) is 3.09. The first-order chi connectivity index (χ1) is 13.7. The lowest BCUT2D eigenvalue weighted by Gasteiger charge is -2.19. The van der Waals surface area contributed by atoms with Gasteiger partial charge in [0.15, 0.2) is 0 Å². The van der Waals surface area contributed by atoms with Gasteiger partial charge in [-0.15, -0.1) is 0 Å². The van der Waals surface area contributed by atoms with E-state index in [1.807, 2.05) is 54.6 Å². The van der Waals surface area contributed by atoms with Gasteiger partial charge in [-0.25, -0.2) is 9.69 Å². The average molecular weight is 383 g/mol. The Labute approximate surface area is 165 Å². The molecule has 0 bridgehead atoms. The maximum Gasteiger partial charge on any atom is 0.416 e. The fourth-order valence-corrected chi connectivity index (χ4v) is 3.16. The first kappa shape index (κ1) is 19.9. The minimum Gasteiger partial charge on any atom is -0.497 e. The number of nitrogens with zero attached hydrogens (tertiary/aromatic N) is 1. The molecule has 1 aliphatic rings. The summed E-state index contributed by atoms with van der Waals surface area (Å²) < 4.78 is 15.8. The van der Waals surface area contributed by atoms with E-state index >= 15 is 0 Å². The van der Waals surface area contributed by atoms with E-state index in [-0.39, 0.29) is 25.0 Å². The quantitative estimate of drug-likeness (QED) is 0.619. The van der Waals surface area contributed by atoms with Gasteiger partial charge in [0.2, 0.25) is 5.91 Å². The normalized spacial score (nSPS) is 16.1. The van der Waals surface area contributed by atoms with Crippen molar-refractivity contribution < 1.29 is 23.8 Å². The number of hydrogen-bond donors (Lipinski definition) is 0. The van der Waals surface area contributed by atoms with E-state index in [2.05, 4.69) is 0 Å². The summed E-state index contributed by atoms with van der Waals surface area (Å²) in [7, 11) is 1.63. The Bertz CT molecular complexity index is 775. The molecule has 0 unspecified atom stereocenters. The van der Waals surface area contributed by atoms with Crippen LogP contribution in [0.3, 0.4) is 0 Å². The number of benzene rings is 2. The summed E-state index contributed by atoms with van der Waals surface area (Å²) in [5, 5.41) is 0. The summed E-state index contributed by atoms with van der Waals surface area (Å²) in [4.78, 5) is 25.8. The van der Waals surface area contributed by atoms with Gasteiger partial charge in [-0.2, -0.15) is 0 Å². The Morgan fingerprint density at radius 2 is 1.86 bits per heavy atom. The van der Waals surface area contributed by atoms with Crippen LogP contribution >= 0.6 is 0 Å². The van der Waals surface area contributed by atoms with Crippen molar-refractivity contribution in [3.8, 4) is 5.75 Å². The second-order valence-electron chi connectivity index (χ2n) is 6.69. The maximum atomic E-state index is 12.5. The highest BCUT2D eigenvalue weighted by Gasteiger charge is 2.37. The van der Waals surface area contributed by atoms with Gasteiger partial charge < -0.3 is 14.2 Å². The summed E-state index contributed by atoms with van der Waals surface area (Å²) in [6, 6.07) is 17.2. The molecular formula is C22H25NO5. The van der Waals surface area contributed by atoms with Crippen LogP contribution in [-0.4, -0.2) is 43.3 Å². The summed E-state index contributed by atoms with van der Waals surface area (Å²) in [5.74, 6) is 0.591. The molecule has 28 heavy (non-hydrogen) atoms. The molecule has 0 saturated carbocycles. The summed E-state index contributed by atoms with van der Waals surface area (Å²) in [6.07, 6.45) is 0.858. The van der Waals surface area contributed by atoms with E-state index in [0.717, 1.165) is 16.9 Å². The zero-order valence-corrected chi connectivity index (χ0v) is 16.0. The molecule has 2 aromatic carbocycles. The van der Waals surface area contributed by atoms with Crippen molar-refractivity contribution in [3.63, 3.8) is 0 Å². The number of cyclic esters (lactones) is 1. The number of amides is 2. The second kappa shape index (κ2) is 9.90. The molecule has 2 amide bonds. The molecule has 148 valence electrons. The van der Waals surface area contributed by atoms with Gasteiger partial charge in [0, 0.05) is 13.0 Å². The predicted molar refractivity (Wildman–Crippen MR) is 104 cm³/mol. The SMILES string of the molecule is COc1ccc(COCCCC(=O)N2C(=O)OC[C@H]2Cc2ccccc2)cc1. The van der Waals surface area contributed by atoms with Crippen LogP contribution < -0.4 is 4.74 Å².